The van der Waals surface area contributed by atoms with E-state index < -0.39 is 0 Å². The van der Waals surface area contributed by atoms with Crippen molar-refractivity contribution in [1.29, 1.82) is 0 Å². The number of ether oxygens (including phenoxy) is 1. The third kappa shape index (κ3) is 2.72. The van der Waals surface area contributed by atoms with Gasteiger partial charge in [0.05, 0.1) is 13.2 Å². The van der Waals surface area contributed by atoms with Crippen molar-refractivity contribution in [1.82, 2.24) is 4.90 Å². The number of rotatable bonds is 1. The Bertz CT molecular complexity index is 428. The number of benzene rings is 1. The normalized spacial score (nSPS) is 16.7. The number of hydrogen-bond acceptors (Lipinski definition) is 2. The fraction of sp³-hybridized carbons (Fsp3) is 0.533. The first kappa shape index (κ1) is 13.1. The molecule has 0 aliphatic carbocycles. The number of hydrogen-bond donors (Lipinski definition) is 0. The smallest absolute Gasteiger partial charge is 0.254 e. The average Bonchev–Trinajstić information content (AvgIpc) is 2.38. The zero-order valence-electron chi connectivity index (χ0n) is 11.4. The summed E-state index contributed by atoms with van der Waals surface area (Å²) in [5.74, 6) is 0.129. The van der Waals surface area contributed by atoms with Gasteiger partial charge in [0, 0.05) is 18.7 Å². The lowest BCUT2D eigenvalue weighted by molar-refractivity contribution is 0.0301. The van der Waals surface area contributed by atoms with Crippen molar-refractivity contribution in [3.63, 3.8) is 0 Å². The van der Waals surface area contributed by atoms with Gasteiger partial charge in [0.2, 0.25) is 0 Å². The Hall–Kier alpha value is -1.35. The number of amides is 1. The summed E-state index contributed by atoms with van der Waals surface area (Å²) in [6.07, 6.45) is 0. The maximum absolute atomic E-state index is 12.5. The Morgan fingerprint density at radius 3 is 2.39 bits per heavy atom. The SMILES string of the molecule is CC(C)(C)c1ccccc1C(=O)N1CCOCC1. The second-order valence-electron chi connectivity index (χ2n) is 5.70. The molecule has 1 saturated heterocycles. The van der Waals surface area contributed by atoms with E-state index in [0.717, 1.165) is 11.1 Å². The van der Waals surface area contributed by atoms with Gasteiger partial charge in [-0.05, 0) is 17.0 Å². The molecule has 0 N–H and O–H groups in total. The van der Waals surface area contributed by atoms with E-state index in [9.17, 15) is 4.79 Å². The largest absolute Gasteiger partial charge is 0.378 e. The van der Waals surface area contributed by atoms with Crippen LogP contribution in [0.5, 0.6) is 0 Å². The summed E-state index contributed by atoms with van der Waals surface area (Å²) in [5, 5.41) is 0. The van der Waals surface area contributed by atoms with Gasteiger partial charge in [0.15, 0.2) is 0 Å². The van der Waals surface area contributed by atoms with E-state index in [4.69, 9.17) is 4.74 Å². The lowest BCUT2D eigenvalue weighted by Gasteiger charge is -2.29. The molecule has 3 nitrogen and oxygen atoms in total. The number of morpholine rings is 1. The summed E-state index contributed by atoms with van der Waals surface area (Å²) in [7, 11) is 0. The highest BCUT2D eigenvalue weighted by atomic mass is 16.5. The van der Waals surface area contributed by atoms with Crippen LogP contribution in [0.25, 0.3) is 0 Å². The first-order chi connectivity index (χ1) is 8.50. The lowest BCUT2D eigenvalue weighted by Crippen LogP contribution is -2.41. The van der Waals surface area contributed by atoms with Crippen LogP contribution in [-0.4, -0.2) is 37.1 Å². The van der Waals surface area contributed by atoms with E-state index in [1.807, 2.05) is 29.2 Å². The topological polar surface area (TPSA) is 29.5 Å². The Morgan fingerprint density at radius 2 is 1.78 bits per heavy atom. The standard InChI is InChI=1S/C15H21NO2/c1-15(2,3)13-7-5-4-6-12(13)14(17)16-8-10-18-11-9-16/h4-7H,8-11H2,1-3H3. The van der Waals surface area contributed by atoms with Gasteiger partial charge in [-0.25, -0.2) is 0 Å². The molecular formula is C15H21NO2. The highest BCUT2D eigenvalue weighted by Gasteiger charge is 2.25. The summed E-state index contributed by atoms with van der Waals surface area (Å²) in [5.41, 5.74) is 1.92. The fourth-order valence-electron chi connectivity index (χ4n) is 2.26. The molecule has 0 atom stereocenters. The van der Waals surface area contributed by atoms with Crippen molar-refractivity contribution >= 4 is 5.91 Å². The van der Waals surface area contributed by atoms with Gasteiger partial charge in [-0.1, -0.05) is 39.0 Å². The zero-order chi connectivity index (χ0) is 13.2. The molecule has 1 amide bonds. The monoisotopic (exact) mass is 247 g/mol. The van der Waals surface area contributed by atoms with Gasteiger partial charge in [-0.15, -0.1) is 0 Å². The van der Waals surface area contributed by atoms with E-state index >= 15 is 0 Å². The molecule has 0 saturated carbocycles. The summed E-state index contributed by atoms with van der Waals surface area (Å²) in [6.45, 7) is 9.08. The summed E-state index contributed by atoms with van der Waals surface area (Å²) in [4.78, 5) is 14.4. The van der Waals surface area contributed by atoms with E-state index in [-0.39, 0.29) is 11.3 Å². The molecular weight excluding hydrogens is 226 g/mol. The minimum Gasteiger partial charge on any atom is -0.378 e. The number of nitrogens with zero attached hydrogens (tertiary/aromatic N) is 1. The van der Waals surface area contributed by atoms with Crippen molar-refractivity contribution < 1.29 is 9.53 Å². The first-order valence-electron chi connectivity index (χ1n) is 6.46. The van der Waals surface area contributed by atoms with Crippen LogP contribution in [0.3, 0.4) is 0 Å². The van der Waals surface area contributed by atoms with Gasteiger partial charge in [0.25, 0.3) is 5.91 Å². The van der Waals surface area contributed by atoms with Crippen LogP contribution >= 0.6 is 0 Å². The molecule has 0 bridgehead atoms. The molecule has 1 heterocycles. The Labute approximate surface area is 109 Å². The van der Waals surface area contributed by atoms with Crippen LogP contribution in [0.4, 0.5) is 0 Å². The maximum Gasteiger partial charge on any atom is 0.254 e. The first-order valence-corrected chi connectivity index (χ1v) is 6.46. The molecule has 18 heavy (non-hydrogen) atoms. The van der Waals surface area contributed by atoms with Crippen molar-refractivity contribution in [2.24, 2.45) is 0 Å². The van der Waals surface area contributed by atoms with Gasteiger partial charge < -0.3 is 9.64 Å². The zero-order valence-corrected chi connectivity index (χ0v) is 11.4. The third-order valence-corrected chi connectivity index (χ3v) is 3.26. The van der Waals surface area contributed by atoms with E-state index in [1.165, 1.54) is 0 Å². The second kappa shape index (κ2) is 5.11. The molecule has 3 heteroatoms. The number of carbonyl (C=O) groups is 1. The molecule has 0 radical (unpaired) electrons. The molecule has 0 unspecified atom stereocenters. The Balaban J connectivity index is 2.30. The van der Waals surface area contributed by atoms with E-state index in [2.05, 4.69) is 20.8 Å². The molecule has 1 fully saturated rings. The molecule has 0 aromatic heterocycles. The summed E-state index contributed by atoms with van der Waals surface area (Å²) < 4.78 is 5.29. The predicted molar refractivity (Wildman–Crippen MR) is 71.9 cm³/mol. The van der Waals surface area contributed by atoms with Crippen LogP contribution in [0.2, 0.25) is 0 Å². The van der Waals surface area contributed by atoms with Crippen LogP contribution in [0.15, 0.2) is 24.3 Å². The fourth-order valence-corrected chi connectivity index (χ4v) is 2.26. The van der Waals surface area contributed by atoms with Gasteiger partial charge in [-0.2, -0.15) is 0 Å². The summed E-state index contributed by atoms with van der Waals surface area (Å²) >= 11 is 0. The van der Waals surface area contributed by atoms with Crippen molar-refractivity contribution in [3.8, 4) is 0 Å². The molecule has 1 aliphatic heterocycles. The van der Waals surface area contributed by atoms with Gasteiger partial charge >= 0.3 is 0 Å². The second-order valence-corrected chi connectivity index (χ2v) is 5.70. The molecule has 1 aliphatic rings. The van der Waals surface area contributed by atoms with Crippen LogP contribution in [0.1, 0.15) is 36.7 Å². The molecule has 0 spiro atoms. The molecule has 98 valence electrons. The van der Waals surface area contributed by atoms with E-state index in [1.54, 1.807) is 0 Å². The van der Waals surface area contributed by atoms with Gasteiger partial charge in [-0.3, -0.25) is 4.79 Å². The Kier molecular flexibility index (Phi) is 3.71. The van der Waals surface area contributed by atoms with E-state index in [0.29, 0.717) is 26.3 Å². The van der Waals surface area contributed by atoms with Crippen LogP contribution < -0.4 is 0 Å². The molecule has 2 rings (SSSR count). The van der Waals surface area contributed by atoms with Gasteiger partial charge in [0.1, 0.15) is 0 Å². The van der Waals surface area contributed by atoms with Crippen LogP contribution in [0, 0.1) is 0 Å². The predicted octanol–water partition coefficient (Wildman–Crippen LogP) is 2.46. The average molecular weight is 247 g/mol. The maximum atomic E-state index is 12.5. The molecule has 1 aromatic carbocycles. The highest BCUT2D eigenvalue weighted by molar-refractivity contribution is 5.96. The summed E-state index contributed by atoms with van der Waals surface area (Å²) in [6, 6.07) is 7.91. The van der Waals surface area contributed by atoms with Crippen LogP contribution in [-0.2, 0) is 10.2 Å². The quantitative estimate of drug-likeness (QED) is 0.763. The lowest BCUT2D eigenvalue weighted by atomic mass is 9.83. The third-order valence-electron chi connectivity index (χ3n) is 3.26. The minimum atomic E-state index is -0.0153. The number of carbonyl (C=O) groups excluding carboxylic acids is 1. The van der Waals surface area contributed by atoms with Crippen molar-refractivity contribution in [2.75, 3.05) is 26.3 Å². The molecule has 1 aromatic rings. The van der Waals surface area contributed by atoms with Crippen molar-refractivity contribution in [3.05, 3.63) is 35.4 Å². The van der Waals surface area contributed by atoms with Crippen molar-refractivity contribution in [2.45, 2.75) is 26.2 Å². The Morgan fingerprint density at radius 1 is 1.17 bits per heavy atom. The minimum absolute atomic E-state index is 0.0153. The highest BCUT2D eigenvalue weighted by Crippen LogP contribution is 2.26.